The predicted octanol–water partition coefficient (Wildman–Crippen LogP) is 2.64. The van der Waals surface area contributed by atoms with E-state index in [4.69, 9.17) is 5.73 Å². The number of nitrogens with one attached hydrogen (secondary N) is 1. The first-order valence-corrected chi connectivity index (χ1v) is 9.76. The van der Waals surface area contributed by atoms with Crippen molar-refractivity contribution in [2.75, 3.05) is 24.3 Å². The second-order valence-electron chi connectivity index (χ2n) is 4.67. The minimum absolute atomic E-state index is 0.309. The zero-order valence-electron chi connectivity index (χ0n) is 12.2. The van der Waals surface area contributed by atoms with Gasteiger partial charge in [0.1, 0.15) is 0 Å². The summed E-state index contributed by atoms with van der Waals surface area (Å²) >= 11 is 1.82. The van der Waals surface area contributed by atoms with Crippen LogP contribution < -0.4 is 10.5 Å². The number of unbranched alkanes of at least 4 members (excludes halogenated alkanes) is 2. The van der Waals surface area contributed by atoms with Crippen molar-refractivity contribution in [1.29, 1.82) is 0 Å². The van der Waals surface area contributed by atoms with Gasteiger partial charge in [-0.05, 0) is 49.0 Å². The molecule has 0 heterocycles. The topological polar surface area (TPSA) is 72.2 Å². The van der Waals surface area contributed by atoms with E-state index in [0.29, 0.717) is 23.5 Å². The van der Waals surface area contributed by atoms with Crippen LogP contribution >= 0.6 is 11.8 Å². The zero-order chi connectivity index (χ0) is 15.0. The van der Waals surface area contributed by atoms with Gasteiger partial charge in [0.25, 0.3) is 0 Å². The number of thioether (sulfide) groups is 1. The molecule has 0 spiro atoms. The van der Waals surface area contributed by atoms with E-state index in [1.165, 1.54) is 6.07 Å². The van der Waals surface area contributed by atoms with E-state index in [2.05, 4.69) is 11.0 Å². The molecule has 0 bridgehead atoms. The molecule has 0 atom stereocenters. The van der Waals surface area contributed by atoms with Crippen LogP contribution in [0.2, 0.25) is 0 Å². The molecule has 1 aromatic rings. The van der Waals surface area contributed by atoms with Gasteiger partial charge >= 0.3 is 0 Å². The van der Waals surface area contributed by atoms with E-state index >= 15 is 0 Å². The molecule has 0 aliphatic carbocycles. The maximum atomic E-state index is 12.3. The summed E-state index contributed by atoms with van der Waals surface area (Å²) in [6.45, 7) is 2.42. The predicted molar refractivity (Wildman–Crippen MR) is 87.7 cm³/mol. The molecule has 6 heteroatoms. The first kappa shape index (κ1) is 17.3. The molecule has 0 aliphatic heterocycles. The maximum absolute atomic E-state index is 12.3. The number of hydrogen-bond donors (Lipinski definition) is 2. The summed E-state index contributed by atoms with van der Waals surface area (Å²) in [7, 11) is -3.45. The molecule has 0 unspecified atom stereocenters. The second-order valence-corrected chi connectivity index (χ2v) is 7.39. The molecule has 3 N–H and O–H groups in total. The quantitative estimate of drug-likeness (QED) is 0.543. The smallest absolute Gasteiger partial charge is 0.240 e. The minimum Gasteiger partial charge on any atom is -0.399 e. The zero-order valence-corrected chi connectivity index (χ0v) is 13.8. The number of benzene rings is 1. The largest absolute Gasteiger partial charge is 0.399 e. The highest BCUT2D eigenvalue weighted by Crippen LogP contribution is 2.19. The highest BCUT2D eigenvalue weighted by Gasteiger charge is 2.17. The third-order valence-electron chi connectivity index (χ3n) is 3.08. The highest BCUT2D eigenvalue weighted by atomic mass is 32.2. The lowest BCUT2D eigenvalue weighted by Crippen LogP contribution is -2.26. The summed E-state index contributed by atoms with van der Waals surface area (Å²) in [5.74, 6) is 1.13. The van der Waals surface area contributed by atoms with Crippen LogP contribution in [0, 0.1) is 0 Å². The van der Waals surface area contributed by atoms with Crippen molar-refractivity contribution in [3.05, 3.63) is 23.8 Å². The summed E-state index contributed by atoms with van der Waals surface area (Å²) in [5, 5.41) is 0. The minimum atomic E-state index is -3.45. The van der Waals surface area contributed by atoms with E-state index in [1.54, 1.807) is 12.1 Å². The normalized spacial score (nSPS) is 11.7. The maximum Gasteiger partial charge on any atom is 0.240 e. The molecular weight excluding hydrogens is 292 g/mol. The molecule has 114 valence electrons. The molecule has 0 aromatic heterocycles. The Hall–Kier alpha value is -0.720. The van der Waals surface area contributed by atoms with Gasteiger partial charge in [0, 0.05) is 12.2 Å². The van der Waals surface area contributed by atoms with Crippen LogP contribution in [-0.2, 0) is 16.4 Å². The van der Waals surface area contributed by atoms with Crippen LogP contribution in [-0.4, -0.2) is 27.0 Å². The highest BCUT2D eigenvalue weighted by molar-refractivity contribution is 7.98. The van der Waals surface area contributed by atoms with Crippen LogP contribution in [0.1, 0.15) is 31.7 Å². The molecule has 4 nitrogen and oxygen atoms in total. The number of nitrogens with two attached hydrogens (primary N) is 1. The van der Waals surface area contributed by atoms with Crippen LogP contribution in [0.25, 0.3) is 0 Å². The van der Waals surface area contributed by atoms with Crippen molar-refractivity contribution in [3.8, 4) is 0 Å². The van der Waals surface area contributed by atoms with Crippen molar-refractivity contribution in [1.82, 2.24) is 4.72 Å². The summed E-state index contributed by atoms with van der Waals surface area (Å²) < 4.78 is 27.2. The van der Waals surface area contributed by atoms with Gasteiger partial charge < -0.3 is 5.73 Å². The number of hydrogen-bond acceptors (Lipinski definition) is 4. The van der Waals surface area contributed by atoms with E-state index in [-0.39, 0.29) is 0 Å². The summed E-state index contributed by atoms with van der Waals surface area (Å²) in [4.78, 5) is 0.309. The summed E-state index contributed by atoms with van der Waals surface area (Å²) in [6.07, 6.45) is 5.78. The molecule has 0 aliphatic rings. The summed E-state index contributed by atoms with van der Waals surface area (Å²) in [6, 6.07) is 5.05. The number of rotatable bonds is 9. The first-order chi connectivity index (χ1) is 9.51. The molecule has 20 heavy (non-hydrogen) atoms. The van der Waals surface area contributed by atoms with E-state index < -0.39 is 10.0 Å². The lowest BCUT2D eigenvalue weighted by Gasteiger charge is -2.11. The molecule has 1 rings (SSSR count). The third kappa shape index (κ3) is 5.34. The fraction of sp³-hybridized carbons (Fsp3) is 0.571. The number of sulfonamides is 1. The van der Waals surface area contributed by atoms with Crippen LogP contribution in [0.5, 0.6) is 0 Å². The Labute approximate surface area is 126 Å². The van der Waals surface area contributed by atoms with E-state index in [1.807, 2.05) is 18.7 Å². The fourth-order valence-electron chi connectivity index (χ4n) is 1.95. The van der Waals surface area contributed by atoms with E-state index in [9.17, 15) is 8.42 Å². The molecule has 0 radical (unpaired) electrons. The Balaban J connectivity index is 2.62. The van der Waals surface area contributed by atoms with Gasteiger partial charge in [-0.3, -0.25) is 0 Å². The van der Waals surface area contributed by atoms with Crippen molar-refractivity contribution >= 4 is 27.5 Å². The Morgan fingerprint density at radius 2 is 2.00 bits per heavy atom. The number of aryl methyl sites for hydroxylation is 1. The number of anilines is 1. The average Bonchev–Trinajstić information content (AvgIpc) is 2.42. The van der Waals surface area contributed by atoms with Crippen molar-refractivity contribution in [2.24, 2.45) is 0 Å². The molecule has 0 saturated carbocycles. The monoisotopic (exact) mass is 316 g/mol. The van der Waals surface area contributed by atoms with Crippen LogP contribution in [0.4, 0.5) is 5.69 Å². The first-order valence-electron chi connectivity index (χ1n) is 6.88. The second kappa shape index (κ2) is 8.54. The number of nitrogen functional groups attached to an aromatic ring is 1. The Morgan fingerprint density at radius 3 is 2.65 bits per heavy atom. The Morgan fingerprint density at radius 1 is 1.25 bits per heavy atom. The molecule has 0 amide bonds. The van der Waals surface area contributed by atoms with Crippen LogP contribution in [0.3, 0.4) is 0 Å². The van der Waals surface area contributed by atoms with Gasteiger partial charge in [-0.2, -0.15) is 11.8 Å². The third-order valence-corrected chi connectivity index (χ3v) is 5.32. The van der Waals surface area contributed by atoms with E-state index in [0.717, 1.165) is 30.6 Å². The van der Waals surface area contributed by atoms with Gasteiger partial charge in [0.15, 0.2) is 0 Å². The van der Waals surface area contributed by atoms with Crippen molar-refractivity contribution in [2.45, 2.75) is 37.5 Å². The standard InChI is InChI=1S/C14H24N2O2S2/c1-3-12-7-8-13(15)11-14(12)20(17,18)16-9-5-4-6-10-19-2/h7-8,11,16H,3-6,9-10,15H2,1-2H3. The molecular formula is C14H24N2O2S2. The van der Waals surface area contributed by atoms with Gasteiger partial charge in [-0.15, -0.1) is 0 Å². The van der Waals surface area contributed by atoms with Gasteiger partial charge in [0.05, 0.1) is 4.90 Å². The fourth-order valence-corrected chi connectivity index (χ4v) is 3.86. The molecule has 0 saturated heterocycles. The van der Waals surface area contributed by atoms with Crippen molar-refractivity contribution in [3.63, 3.8) is 0 Å². The van der Waals surface area contributed by atoms with Gasteiger partial charge in [-0.25, -0.2) is 13.1 Å². The molecule has 1 aromatic carbocycles. The Bertz CT molecular complexity index is 516. The Kier molecular flexibility index (Phi) is 7.40. The average molecular weight is 316 g/mol. The SMILES string of the molecule is CCc1ccc(N)cc1S(=O)(=O)NCCCCCSC. The summed E-state index contributed by atoms with van der Waals surface area (Å²) in [5.41, 5.74) is 6.97. The molecule has 0 fully saturated rings. The lowest BCUT2D eigenvalue weighted by molar-refractivity contribution is 0.575. The van der Waals surface area contributed by atoms with Crippen LogP contribution in [0.15, 0.2) is 23.1 Å². The van der Waals surface area contributed by atoms with Crippen molar-refractivity contribution < 1.29 is 8.42 Å². The van der Waals surface area contributed by atoms with Gasteiger partial charge in [0.2, 0.25) is 10.0 Å². The lowest BCUT2D eigenvalue weighted by atomic mass is 10.1. The van der Waals surface area contributed by atoms with Gasteiger partial charge in [-0.1, -0.05) is 19.4 Å².